The van der Waals surface area contributed by atoms with E-state index in [0.717, 1.165) is 17.5 Å². The van der Waals surface area contributed by atoms with Crippen LogP contribution in [0, 0.1) is 5.82 Å². The normalized spacial score (nSPS) is 9.00. The molecule has 0 radical (unpaired) electrons. The molecule has 2 rings (SSSR count). The molecule has 0 amide bonds. The minimum Gasteiger partial charge on any atom is -0.388 e. The number of benzene rings is 2. The van der Waals surface area contributed by atoms with Crippen molar-refractivity contribution in [1.29, 1.82) is 0 Å². The Labute approximate surface area is 106 Å². The van der Waals surface area contributed by atoms with Crippen molar-refractivity contribution in [3.05, 3.63) is 66.0 Å². The van der Waals surface area contributed by atoms with Crippen LogP contribution in [-0.4, -0.2) is 13.3 Å². The smallest absolute Gasteiger partial charge is 0.124 e. The molecule has 0 fully saturated rings. The van der Waals surface area contributed by atoms with E-state index in [0.29, 0.717) is 6.42 Å². The molecule has 0 spiro atoms. The second-order valence-corrected chi connectivity index (χ2v) is 3.61. The number of carbonyl (C=O) groups is 1. The van der Waals surface area contributed by atoms with Gasteiger partial charge in [-0.05, 0) is 29.8 Å². The zero-order chi connectivity index (χ0) is 13.2. The van der Waals surface area contributed by atoms with Gasteiger partial charge in [-0.3, -0.25) is 0 Å². The molecule has 0 atom stereocenters. The number of carbonyl (C=O) groups excluding carboxylic acids is 1. The first-order chi connectivity index (χ1) is 8.76. The first-order valence-corrected chi connectivity index (χ1v) is 5.67. The second kappa shape index (κ2) is 8.01. The summed E-state index contributed by atoms with van der Waals surface area (Å²) in [6.45, 7) is 0. The molecule has 0 aliphatic carbocycles. The van der Waals surface area contributed by atoms with Crippen LogP contribution in [-0.2, 0) is 11.2 Å². The van der Waals surface area contributed by atoms with Gasteiger partial charge >= 0.3 is 0 Å². The van der Waals surface area contributed by atoms with Gasteiger partial charge in [-0.2, -0.15) is 0 Å². The fraction of sp³-hybridized carbons (Fsp3) is 0.133. The lowest BCUT2D eigenvalue weighted by atomic mass is 10.2. The van der Waals surface area contributed by atoms with E-state index in [1.807, 2.05) is 37.4 Å². The third-order valence-electron chi connectivity index (χ3n) is 2.29. The highest BCUT2D eigenvalue weighted by Gasteiger charge is 1.90. The number of hydrogen-bond acceptors (Lipinski definition) is 2. The summed E-state index contributed by atoms with van der Waals surface area (Å²) >= 11 is 0. The van der Waals surface area contributed by atoms with Gasteiger partial charge in [-0.15, -0.1) is 0 Å². The standard InChI is InChI=1S/C8H7FO.C7H9N/c9-8-3-1-7(2-4-8)5-6-10;1-8-7-5-3-2-4-6-7/h1-4,6H,5H2;2-6,8H,1H3. The largest absolute Gasteiger partial charge is 0.388 e. The quantitative estimate of drug-likeness (QED) is 0.841. The van der Waals surface area contributed by atoms with E-state index >= 15 is 0 Å². The van der Waals surface area contributed by atoms with Crippen molar-refractivity contribution >= 4 is 12.0 Å². The Balaban J connectivity index is 0.000000184. The van der Waals surface area contributed by atoms with Crippen molar-refractivity contribution in [1.82, 2.24) is 0 Å². The number of anilines is 1. The van der Waals surface area contributed by atoms with Crippen LogP contribution in [0.4, 0.5) is 10.1 Å². The number of para-hydroxylation sites is 1. The molecular formula is C15H16FNO. The average Bonchev–Trinajstić information content (AvgIpc) is 2.43. The number of hydrogen-bond donors (Lipinski definition) is 1. The van der Waals surface area contributed by atoms with Crippen molar-refractivity contribution in [2.45, 2.75) is 6.42 Å². The van der Waals surface area contributed by atoms with Gasteiger partial charge in [0.15, 0.2) is 0 Å². The van der Waals surface area contributed by atoms with E-state index in [4.69, 9.17) is 0 Å². The molecule has 0 unspecified atom stereocenters. The van der Waals surface area contributed by atoms with Crippen LogP contribution < -0.4 is 5.32 Å². The highest BCUT2D eigenvalue weighted by molar-refractivity contribution is 5.54. The number of aldehydes is 1. The SMILES string of the molecule is CNc1ccccc1.O=CCc1ccc(F)cc1. The van der Waals surface area contributed by atoms with Gasteiger partial charge in [0.25, 0.3) is 0 Å². The highest BCUT2D eigenvalue weighted by Crippen LogP contribution is 2.02. The Morgan fingerprint density at radius 2 is 1.67 bits per heavy atom. The summed E-state index contributed by atoms with van der Waals surface area (Å²) < 4.78 is 12.2. The molecule has 0 bridgehead atoms. The lowest BCUT2D eigenvalue weighted by Crippen LogP contribution is -1.84. The molecule has 2 aromatic rings. The average molecular weight is 245 g/mol. The minimum absolute atomic E-state index is 0.269. The Morgan fingerprint density at radius 1 is 1.06 bits per heavy atom. The molecule has 0 saturated carbocycles. The summed E-state index contributed by atoms with van der Waals surface area (Å²) in [5, 5.41) is 3.03. The fourth-order valence-corrected chi connectivity index (χ4v) is 1.32. The van der Waals surface area contributed by atoms with Crippen LogP contribution >= 0.6 is 0 Å². The third kappa shape index (κ3) is 5.25. The zero-order valence-corrected chi connectivity index (χ0v) is 10.3. The van der Waals surface area contributed by atoms with Crippen molar-refractivity contribution in [2.24, 2.45) is 0 Å². The maximum absolute atomic E-state index is 12.2. The third-order valence-corrected chi connectivity index (χ3v) is 2.29. The summed E-state index contributed by atoms with van der Waals surface area (Å²) in [4.78, 5) is 9.97. The molecule has 3 heteroatoms. The molecule has 18 heavy (non-hydrogen) atoms. The van der Waals surface area contributed by atoms with Crippen molar-refractivity contribution < 1.29 is 9.18 Å². The Hall–Kier alpha value is -2.16. The van der Waals surface area contributed by atoms with Crippen LogP contribution in [0.25, 0.3) is 0 Å². The van der Waals surface area contributed by atoms with E-state index < -0.39 is 0 Å². The monoisotopic (exact) mass is 245 g/mol. The summed E-state index contributed by atoms with van der Waals surface area (Å²) in [6.07, 6.45) is 1.16. The number of nitrogens with one attached hydrogen (secondary N) is 1. The van der Waals surface area contributed by atoms with E-state index in [-0.39, 0.29) is 5.82 Å². The minimum atomic E-state index is -0.269. The lowest BCUT2D eigenvalue weighted by Gasteiger charge is -1.94. The molecule has 0 aliphatic heterocycles. The molecule has 0 aliphatic rings. The summed E-state index contributed by atoms with van der Waals surface area (Å²) in [5.74, 6) is -0.269. The van der Waals surface area contributed by atoms with Gasteiger partial charge in [0.2, 0.25) is 0 Å². The van der Waals surface area contributed by atoms with Crippen LogP contribution in [0.15, 0.2) is 54.6 Å². The van der Waals surface area contributed by atoms with Gasteiger partial charge in [-0.1, -0.05) is 30.3 Å². The topological polar surface area (TPSA) is 29.1 Å². The fourth-order valence-electron chi connectivity index (χ4n) is 1.32. The number of halogens is 1. The maximum Gasteiger partial charge on any atom is 0.124 e. The van der Waals surface area contributed by atoms with Crippen LogP contribution in [0.5, 0.6) is 0 Å². The summed E-state index contributed by atoms with van der Waals surface area (Å²) in [6, 6.07) is 16.0. The molecule has 94 valence electrons. The Kier molecular flexibility index (Phi) is 6.19. The molecular weight excluding hydrogens is 229 g/mol. The Bertz CT molecular complexity index is 454. The van der Waals surface area contributed by atoms with Gasteiger partial charge < -0.3 is 10.1 Å². The Morgan fingerprint density at radius 3 is 2.11 bits per heavy atom. The van der Waals surface area contributed by atoms with Crippen molar-refractivity contribution in [3.8, 4) is 0 Å². The number of rotatable bonds is 3. The molecule has 2 nitrogen and oxygen atoms in total. The van der Waals surface area contributed by atoms with Gasteiger partial charge in [-0.25, -0.2) is 4.39 Å². The predicted molar refractivity (Wildman–Crippen MR) is 72.2 cm³/mol. The zero-order valence-electron chi connectivity index (χ0n) is 10.3. The highest BCUT2D eigenvalue weighted by atomic mass is 19.1. The van der Waals surface area contributed by atoms with Crippen molar-refractivity contribution in [2.75, 3.05) is 12.4 Å². The van der Waals surface area contributed by atoms with E-state index in [9.17, 15) is 9.18 Å². The summed E-state index contributed by atoms with van der Waals surface area (Å²) in [7, 11) is 1.91. The maximum atomic E-state index is 12.2. The first-order valence-electron chi connectivity index (χ1n) is 5.67. The second-order valence-electron chi connectivity index (χ2n) is 3.61. The van der Waals surface area contributed by atoms with Gasteiger partial charge in [0, 0.05) is 19.2 Å². The van der Waals surface area contributed by atoms with E-state index in [2.05, 4.69) is 5.32 Å². The van der Waals surface area contributed by atoms with E-state index in [1.54, 1.807) is 12.1 Å². The van der Waals surface area contributed by atoms with Gasteiger partial charge in [0.1, 0.15) is 12.1 Å². The van der Waals surface area contributed by atoms with E-state index in [1.165, 1.54) is 12.1 Å². The molecule has 0 aromatic heterocycles. The van der Waals surface area contributed by atoms with Crippen molar-refractivity contribution in [3.63, 3.8) is 0 Å². The summed E-state index contributed by atoms with van der Waals surface area (Å²) in [5.41, 5.74) is 2.00. The predicted octanol–water partition coefficient (Wildman–Crippen LogP) is 3.30. The van der Waals surface area contributed by atoms with Crippen LogP contribution in [0.3, 0.4) is 0 Å². The molecule has 0 saturated heterocycles. The molecule has 1 N–H and O–H groups in total. The molecule has 0 heterocycles. The van der Waals surface area contributed by atoms with Crippen LogP contribution in [0.2, 0.25) is 0 Å². The van der Waals surface area contributed by atoms with Crippen LogP contribution in [0.1, 0.15) is 5.56 Å². The first kappa shape index (κ1) is 13.9. The lowest BCUT2D eigenvalue weighted by molar-refractivity contribution is -0.107. The molecule has 2 aromatic carbocycles. The van der Waals surface area contributed by atoms with Gasteiger partial charge in [0.05, 0.1) is 0 Å².